The zero-order chi connectivity index (χ0) is 14.4. The third-order valence-electron chi connectivity index (χ3n) is 3.59. The molecule has 0 saturated heterocycles. The van der Waals surface area contributed by atoms with Gasteiger partial charge in [-0.3, -0.25) is 0 Å². The van der Waals surface area contributed by atoms with Crippen LogP contribution in [0.2, 0.25) is 0 Å². The van der Waals surface area contributed by atoms with E-state index in [4.69, 9.17) is 4.74 Å². The third-order valence-corrected chi connectivity index (χ3v) is 3.59. The minimum atomic E-state index is 0.385. The SMILES string of the molecule is CCC#CC(C)C(C)c1c(C)cc(OCC)cc1C. The van der Waals surface area contributed by atoms with Crippen LogP contribution in [0, 0.1) is 31.6 Å². The molecule has 1 rings (SSSR count). The summed E-state index contributed by atoms with van der Waals surface area (Å²) in [4.78, 5) is 0. The highest BCUT2D eigenvalue weighted by molar-refractivity contribution is 5.43. The summed E-state index contributed by atoms with van der Waals surface area (Å²) < 4.78 is 5.60. The molecule has 0 aliphatic heterocycles. The maximum absolute atomic E-state index is 5.60. The van der Waals surface area contributed by atoms with Crippen molar-refractivity contribution in [2.75, 3.05) is 6.61 Å². The Hall–Kier alpha value is -1.42. The fraction of sp³-hybridized carbons (Fsp3) is 0.556. The number of hydrogen-bond donors (Lipinski definition) is 0. The van der Waals surface area contributed by atoms with E-state index in [0.717, 1.165) is 12.2 Å². The average molecular weight is 258 g/mol. The van der Waals surface area contributed by atoms with Crippen molar-refractivity contribution in [3.63, 3.8) is 0 Å². The molecule has 0 bridgehead atoms. The second-order valence-electron chi connectivity index (χ2n) is 5.16. The first-order valence-electron chi connectivity index (χ1n) is 7.23. The first-order chi connectivity index (χ1) is 9.01. The lowest BCUT2D eigenvalue weighted by Crippen LogP contribution is -2.08. The Kier molecular flexibility index (Phi) is 5.96. The highest BCUT2D eigenvalue weighted by Crippen LogP contribution is 2.32. The fourth-order valence-electron chi connectivity index (χ4n) is 2.54. The molecule has 1 aromatic rings. The quantitative estimate of drug-likeness (QED) is 0.701. The van der Waals surface area contributed by atoms with Gasteiger partial charge in [0.05, 0.1) is 6.61 Å². The van der Waals surface area contributed by atoms with Crippen LogP contribution in [0.15, 0.2) is 12.1 Å². The smallest absolute Gasteiger partial charge is 0.119 e. The van der Waals surface area contributed by atoms with Crippen molar-refractivity contribution in [3.05, 3.63) is 28.8 Å². The van der Waals surface area contributed by atoms with Crippen LogP contribution in [0.3, 0.4) is 0 Å². The van der Waals surface area contributed by atoms with E-state index in [0.29, 0.717) is 18.4 Å². The molecule has 19 heavy (non-hydrogen) atoms. The van der Waals surface area contributed by atoms with Crippen molar-refractivity contribution in [1.82, 2.24) is 0 Å². The van der Waals surface area contributed by atoms with Gasteiger partial charge in [-0.25, -0.2) is 0 Å². The van der Waals surface area contributed by atoms with E-state index in [1.807, 2.05) is 6.92 Å². The lowest BCUT2D eigenvalue weighted by Gasteiger charge is -2.21. The summed E-state index contributed by atoms with van der Waals surface area (Å²) in [6.07, 6.45) is 0.929. The standard InChI is InChI=1S/C18H26O/c1-7-9-10-13(3)16(6)18-14(4)11-17(19-8-2)12-15(18)5/h11-13,16H,7-8H2,1-6H3. The second kappa shape index (κ2) is 7.24. The Morgan fingerprint density at radius 3 is 2.16 bits per heavy atom. The van der Waals surface area contributed by atoms with Crippen molar-refractivity contribution < 1.29 is 4.74 Å². The lowest BCUT2D eigenvalue weighted by molar-refractivity contribution is 0.339. The van der Waals surface area contributed by atoms with Gasteiger partial charge in [-0.2, -0.15) is 0 Å². The molecule has 1 aromatic carbocycles. The Balaban J connectivity index is 3.06. The van der Waals surface area contributed by atoms with Gasteiger partial charge in [0.2, 0.25) is 0 Å². The second-order valence-corrected chi connectivity index (χ2v) is 5.16. The zero-order valence-electron chi connectivity index (χ0n) is 13.1. The summed E-state index contributed by atoms with van der Waals surface area (Å²) in [6, 6.07) is 4.28. The summed E-state index contributed by atoms with van der Waals surface area (Å²) in [5.74, 6) is 8.35. The van der Waals surface area contributed by atoms with Crippen molar-refractivity contribution >= 4 is 0 Å². The van der Waals surface area contributed by atoms with Gasteiger partial charge in [-0.05, 0) is 55.5 Å². The maximum Gasteiger partial charge on any atom is 0.119 e. The topological polar surface area (TPSA) is 9.23 Å². The lowest BCUT2D eigenvalue weighted by atomic mass is 9.84. The van der Waals surface area contributed by atoms with E-state index >= 15 is 0 Å². The van der Waals surface area contributed by atoms with Crippen LogP contribution in [0.4, 0.5) is 0 Å². The maximum atomic E-state index is 5.60. The molecule has 1 heteroatoms. The molecule has 0 N–H and O–H groups in total. The summed E-state index contributed by atoms with van der Waals surface area (Å²) >= 11 is 0. The van der Waals surface area contributed by atoms with Crippen LogP contribution in [-0.4, -0.2) is 6.61 Å². The van der Waals surface area contributed by atoms with Crippen LogP contribution in [0.25, 0.3) is 0 Å². The monoisotopic (exact) mass is 258 g/mol. The van der Waals surface area contributed by atoms with Gasteiger partial charge >= 0.3 is 0 Å². The summed E-state index contributed by atoms with van der Waals surface area (Å²) in [5.41, 5.74) is 4.03. The van der Waals surface area contributed by atoms with E-state index < -0.39 is 0 Å². The van der Waals surface area contributed by atoms with Gasteiger partial charge in [0.15, 0.2) is 0 Å². The number of ether oxygens (including phenoxy) is 1. The molecule has 104 valence electrons. The zero-order valence-corrected chi connectivity index (χ0v) is 13.1. The van der Waals surface area contributed by atoms with Crippen LogP contribution >= 0.6 is 0 Å². The molecule has 2 atom stereocenters. The van der Waals surface area contributed by atoms with Gasteiger partial charge < -0.3 is 4.74 Å². The molecule has 0 aliphatic rings. The van der Waals surface area contributed by atoms with E-state index in [9.17, 15) is 0 Å². The summed E-state index contributed by atoms with van der Waals surface area (Å²) in [6.45, 7) is 13.6. The van der Waals surface area contributed by atoms with Crippen LogP contribution < -0.4 is 4.74 Å². The summed E-state index contributed by atoms with van der Waals surface area (Å²) in [7, 11) is 0. The van der Waals surface area contributed by atoms with Crippen LogP contribution in [-0.2, 0) is 0 Å². The molecule has 0 amide bonds. The Morgan fingerprint density at radius 1 is 1.11 bits per heavy atom. The fourth-order valence-corrected chi connectivity index (χ4v) is 2.54. The largest absolute Gasteiger partial charge is 0.494 e. The average Bonchev–Trinajstić information content (AvgIpc) is 2.35. The molecular weight excluding hydrogens is 232 g/mol. The van der Waals surface area contributed by atoms with Crippen LogP contribution in [0.5, 0.6) is 5.75 Å². The summed E-state index contributed by atoms with van der Waals surface area (Å²) in [5, 5.41) is 0. The minimum Gasteiger partial charge on any atom is -0.494 e. The Morgan fingerprint density at radius 2 is 1.68 bits per heavy atom. The molecule has 0 fully saturated rings. The number of aryl methyl sites for hydroxylation is 2. The van der Waals surface area contributed by atoms with Gasteiger partial charge in [-0.15, -0.1) is 5.92 Å². The minimum absolute atomic E-state index is 0.385. The third kappa shape index (κ3) is 4.03. The number of rotatable bonds is 4. The predicted molar refractivity (Wildman–Crippen MR) is 82.7 cm³/mol. The van der Waals surface area contributed by atoms with Gasteiger partial charge in [0.25, 0.3) is 0 Å². The van der Waals surface area contributed by atoms with E-state index in [-0.39, 0.29) is 0 Å². The molecule has 1 nitrogen and oxygen atoms in total. The molecule has 2 unspecified atom stereocenters. The number of benzene rings is 1. The van der Waals surface area contributed by atoms with E-state index in [1.165, 1.54) is 16.7 Å². The molecule has 0 aromatic heterocycles. The first-order valence-corrected chi connectivity index (χ1v) is 7.23. The van der Waals surface area contributed by atoms with Crippen molar-refractivity contribution in [1.29, 1.82) is 0 Å². The molecule has 0 heterocycles. The first kappa shape index (κ1) is 15.6. The highest BCUT2D eigenvalue weighted by Gasteiger charge is 2.17. The van der Waals surface area contributed by atoms with Gasteiger partial charge in [0, 0.05) is 12.3 Å². The molecule has 0 radical (unpaired) electrons. The van der Waals surface area contributed by atoms with Gasteiger partial charge in [-0.1, -0.05) is 26.7 Å². The van der Waals surface area contributed by atoms with Crippen molar-refractivity contribution in [2.24, 2.45) is 5.92 Å². The normalized spacial score (nSPS) is 13.4. The van der Waals surface area contributed by atoms with E-state index in [1.54, 1.807) is 0 Å². The van der Waals surface area contributed by atoms with Crippen molar-refractivity contribution in [3.8, 4) is 17.6 Å². The highest BCUT2D eigenvalue weighted by atomic mass is 16.5. The predicted octanol–water partition coefficient (Wildman–Crippen LogP) is 4.86. The van der Waals surface area contributed by atoms with Gasteiger partial charge in [0.1, 0.15) is 5.75 Å². The van der Waals surface area contributed by atoms with Crippen molar-refractivity contribution in [2.45, 2.75) is 53.9 Å². The Bertz CT molecular complexity index is 453. The molecule has 0 saturated carbocycles. The molecule has 0 aliphatic carbocycles. The molecular formula is C18H26O. The van der Waals surface area contributed by atoms with Crippen LogP contribution in [0.1, 0.15) is 56.7 Å². The molecule has 0 spiro atoms. The number of hydrogen-bond acceptors (Lipinski definition) is 1. The van der Waals surface area contributed by atoms with E-state index in [2.05, 4.69) is 58.6 Å². The Labute approximate surface area is 118 Å².